The second-order valence-electron chi connectivity index (χ2n) is 2.60. The highest BCUT2D eigenvalue weighted by Gasteiger charge is 1.83. The number of hydrogen-bond acceptors (Lipinski definition) is 1. The first-order valence-electron chi connectivity index (χ1n) is 4.19. The van der Waals surface area contributed by atoms with Gasteiger partial charge in [-0.1, -0.05) is 25.8 Å². The van der Waals surface area contributed by atoms with Gasteiger partial charge < -0.3 is 5.32 Å². The van der Waals surface area contributed by atoms with Crippen molar-refractivity contribution in [3.05, 3.63) is 12.3 Å². The highest BCUT2D eigenvalue weighted by atomic mass is 16.1. The topological polar surface area (TPSA) is 29.1 Å². The van der Waals surface area contributed by atoms with E-state index >= 15 is 0 Å². The molecule has 0 bridgehead atoms. The minimum atomic E-state index is -0.00302. The van der Waals surface area contributed by atoms with Crippen LogP contribution in [0.5, 0.6) is 0 Å². The van der Waals surface area contributed by atoms with Gasteiger partial charge in [0, 0.05) is 6.92 Å². The molecule has 0 aromatic carbocycles. The van der Waals surface area contributed by atoms with Crippen molar-refractivity contribution in [3.63, 3.8) is 0 Å². The molecule has 1 amide bonds. The zero-order valence-electron chi connectivity index (χ0n) is 7.39. The van der Waals surface area contributed by atoms with Crippen molar-refractivity contribution in [1.82, 2.24) is 5.32 Å². The number of hydrogen-bond donors (Lipinski definition) is 1. The highest BCUT2D eigenvalue weighted by Crippen LogP contribution is 1.98. The first-order valence-corrected chi connectivity index (χ1v) is 4.19. The Hall–Kier alpha value is -0.790. The standard InChI is InChI=1S/C9H17NO/c1-3-4-5-6-7-8-10-9(2)11/h7-8H,3-6H2,1-2H3,(H,10,11)/b8-7-. The van der Waals surface area contributed by atoms with E-state index < -0.39 is 0 Å². The van der Waals surface area contributed by atoms with Gasteiger partial charge in [-0.3, -0.25) is 4.79 Å². The summed E-state index contributed by atoms with van der Waals surface area (Å²) in [6, 6.07) is 0. The average molecular weight is 155 g/mol. The van der Waals surface area contributed by atoms with Gasteiger partial charge in [0.05, 0.1) is 0 Å². The van der Waals surface area contributed by atoms with E-state index in [0.29, 0.717) is 0 Å². The van der Waals surface area contributed by atoms with Crippen molar-refractivity contribution in [1.29, 1.82) is 0 Å². The smallest absolute Gasteiger partial charge is 0.220 e. The van der Waals surface area contributed by atoms with Crippen LogP contribution in [0.25, 0.3) is 0 Å². The third kappa shape index (κ3) is 9.21. The molecule has 64 valence electrons. The largest absolute Gasteiger partial charge is 0.333 e. The number of nitrogens with one attached hydrogen (secondary N) is 1. The molecule has 2 heteroatoms. The molecule has 0 spiro atoms. The maximum atomic E-state index is 10.4. The van der Waals surface area contributed by atoms with Crippen molar-refractivity contribution in [2.24, 2.45) is 0 Å². The summed E-state index contributed by atoms with van der Waals surface area (Å²) in [5.74, 6) is -0.00302. The zero-order chi connectivity index (χ0) is 8.53. The Morgan fingerprint density at radius 1 is 1.45 bits per heavy atom. The van der Waals surface area contributed by atoms with Gasteiger partial charge in [0.15, 0.2) is 0 Å². The van der Waals surface area contributed by atoms with Crippen molar-refractivity contribution in [2.75, 3.05) is 0 Å². The molecule has 0 saturated carbocycles. The van der Waals surface area contributed by atoms with Gasteiger partial charge in [0.25, 0.3) is 0 Å². The van der Waals surface area contributed by atoms with Gasteiger partial charge in [-0.2, -0.15) is 0 Å². The molecule has 0 aliphatic carbocycles. The van der Waals surface area contributed by atoms with Crippen LogP contribution in [0.1, 0.15) is 39.5 Å². The van der Waals surface area contributed by atoms with E-state index in [0.717, 1.165) is 6.42 Å². The van der Waals surface area contributed by atoms with Gasteiger partial charge in [0.2, 0.25) is 5.91 Å². The minimum Gasteiger partial charge on any atom is -0.333 e. The summed E-state index contributed by atoms with van der Waals surface area (Å²) in [6.07, 6.45) is 8.51. The van der Waals surface area contributed by atoms with Crippen molar-refractivity contribution < 1.29 is 4.79 Å². The quantitative estimate of drug-likeness (QED) is 0.606. The van der Waals surface area contributed by atoms with Crippen molar-refractivity contribution in [2.45, 2.75) is 39.5 Å². The molecule has 2 nitrogen and oxygen atoms in total. The Morgan fingerprint density at radius 2 is 2.18 bits per heavy atom. The lowest BCUT2D eigenvalue weighted by Crippen LogP contribution is -2.11. The zero-order valence-corrected chi connectivity index (χ0v) is 7.39. The van der Waals surface area contributed by atoms with Gasteiger partial charge in [-0.05, 0) is 19.0 Å². The number of amides is 1. The third-order valence-corrected chi connectivity index (χ3v) is 1.38. The van der Waals surface area contributed by atoms with E-state index in [4.69, 9.17) is 0 Å². The third-order valence-electron chi connectivity index (χ3n) is 1.38. The molecule has 0 atom stereocenters. The van der Waals surface area contributed by atoms with Crippen LogP contribution in [-0.2, 0) is 4.79 Å². The Bertz CT molecular complexity index is 130. The second-order valence-corrected chi connectivity index (χ2v) is 2.60. The summed E-state index contributed by atoms with van der Waals surface area (Å²) in [4.78, 5) is 10.4. The van der Waals surface area contributed by atoms with Crippen LogP contribution in [-0.4, -0.2) is 5.91 Å². The summed E-state index contributed by atoms with van der Waals surface area (Å²) in [5.41, 5.74) is 0. The maximum Gasteiger partial charge on any atom is 0.220 e. The average Bonchev–Trinajstić information content (AvgIpc) is 1.96. The molecule has 0 fully saturated rings. The number of carbonyl (C=O) groups excluding carboxylic acids is 1. The lowest BCUT2D eigenvalue weighted by molar-refractivity contribution is -0.118. The Balaban J connectivity index is 3.10. The molecule has 11 heavy (non-hydrogen) atoms. The molecular weight excluding hydrogens is 138 g/mol. The van der Waals surface area contributed by atoms with E-state index in [2.05, 4.69) is 12.2 Å². The number of unbranched alkanes of at least 4 members (excludes halogenated alkanes) is 3. The molecule has 0 aromatic rings. The molecule has 0 aromatic heterocycles. The lowest BCUT2D eigenvalue weighted by Gasteiger charge is -1.92. The van der Waals surface area contributed by atoms with E-state index in [1.807, 2.05) is 6.08 Å². The van der Waals surface area contributed by atoms with E-state index in [9.17, 15) is 4.79 Å². The highest BCUT2D eigenvalue weighted by molar-refractivity contribution is 5.73. The molecule has 0 unspecified atom stereocenters. The maximum absolute atomic E-state index is 10.4. The summed E-state index contributed by atoms with van der Waals surface area (Å²) < 4.78 is 0. The fourth-order valence-electron chi connectivity index (χ4n) is 0.772. The van der Waals surface area contributed by atoms with Crippen molar-refractivity contribution in [3.8, 4) is 0 Å². The summed E-state index contributed by atoms with van der Waals surface area (Å²) in [6.45, 7) is 3.69. The Morgan fingerprint density at radius 3 is 2.73 bits per heavy atom. The predicted molar refractivity (Wildman–Crippen MR) is 47.1 cm³/mol. The Labute approximate surface area is 68.7 Å². The SMILES string of the molecule is CCCCC/C=C\NC(C)=O. The summed E-state index contributed by atoms with van der Waals surface area (Å²) >= 11 is 0. The number of allylic oxidation sites excluding steroid dienone is 1. The van der Waals surface area contributed by atoms with Crippen LogP contribution in [0.2, 0.25) is 0 Å². The second kappa shape index (κ2) is 7.32. The normalized spacial score (nSPS) is 10.4. The van der Waals surface area contributed by atoms with Gasteiger partial charge in [0.1, 0.15) is 0 Å². The predicted octanol–water partition coefficient (Wildman–Crippen LogP) is 2.22. The van der Waals surface area contributed by atoms with Gasteiger partial charge >= 0.3 is 0 Å². The van der Waals surface area contributed by atoms with Crippen LogP contribution >= 0.6 is 0 Å². The van der Waals surface area contributed by atoms with Crippen LogP contribution in [0.3, 0.4) is 0 Å². The summed E-state index contributed by atoms with van der Waals surface area (Å²) in [5, 5.41) is 2.60. The molecule has 1 N–H and O–H groups in total. The van der Waals surface area contributed by atoms with Crippen molar-refractivity contribution >= 4 is 5.91 Å². The number of rotatable bonds is 5. The molecule has 0 heterocycles. The first kappa shape index (κ1) is 10.2. The van der Waals surface area contributed by atoms with Crippen LogP contribution in [0, 0.1) is 0 Å². The van der Waals surface area contributed by atoms with E-state index in [1.54, 1.807) is 6.20 Å². The number of carbonyl (C=O) groups is 1. The molecular formula is C9H17NO. The molecule has 0 aliphatic rings. The Kier molecular flexibility index (Phi) is 6.79. The first-order chi connectivity index (χ1) is 5.27. The molecule has 0 rings (SSSR count). The summed E-state index contributed by atoms with van der Waals surface area (Å²) in [7, 11) is 0. The molecule has 0 saturated heterocycles. The lowest BCUT2D eigenvalue weighted by atomic mass is 10.2. The van der Waals surface area contributed by atoms with Crippen LogP contribution in [0.4, 0.5) is 0 Å². The van der Waals surface area contributed by atoms with E-state index in [-0.39, 0.29) is 5.91 Å². The van der Waals surface area contributed by atoms with Gasteiger partial charge in [-0.15, -0.1) is 0 Å². The molecule has 0 radical (unpaired) electrons. The monoisotopic (exact) mass is 155 g/mol. The molecule has 0 aliphatic heterocycles. The van der Waals surface area contributed by atoms with E-state index in [1.165, 1.54) is 26.2 Å². The van der Waals surface area contributed by atoms with Crippen LogP contribution in [0.15, 0.2) is 12.3 Å². The minimum absolute atomic E-state index is 0.00302. The van der Waals surface area contributed by atoms with Gasteiger partial charge in [-0.25, -0.2) is 0 Å². The fourth-order valence-corrected chi connectivity index (χ4v) is 0.772. The van der Waals surface area contributed by atoms with Crippen LogP contribution < -0.4 is 5.32 Å². The fraction of sp³-hybridized carbons (Fsp3) is 0.667.